The predicted molar refractivity (Wildman–Crippen MR) is 76.3 cm³/mol. The second-order valence-corrected chi connectivity index (χ2v) is 6.24. The molecule has 0 aliphatic heterocycles. The summed E-state index contributed by atoms with van der Waals surface area (Å²) in [7, 11) is 0. The van der Waals surface area contributed by atoms with E-state index in [9.17, 15) is 0 Å². The second kappa shape index (κ2) is 5.87. The second-order valence-electron chi connectivity index (χ2n) is 5.38. The van der Waals surface area contributed by atoms with Crippen LogP contribution in [0.2, 0.25) is 0 Å². The van der Waals surface area contributed by atoms with E-state index >= 15 is 0 Å². The molecule has 0 amide bonds. The van der Waals surface area contributed by atoms with E-state index in [4.69, 9.17) is 10.5 Å². The number of rotatable bonds is 4. The summed E-state index contributed by atoms with van der Waals surface area (Å²) in [5.41, 5.74) is 7.42. The monoisotopic (exact) mass is 299 g/mol. The zero-order valence-electron chi connectivity index (χ0n) is 11.1. The van der Waals surface area contributed by atoms with Gasteiger partial charge in [0.15, 0.2) is 0 Å². The van der Waals surface area contributed by atoms with Crippen molar-refractivity contribution in [3.63, 3.8) is 0 Å². The molecule has 0 spiro atoms. The van der Waals surface area contributed by atoms with E-state index < -0.39 is 0 Å². The van der Waals surface area contributed by atoms with Crippen molar-refractivity contribution in [2.75, 3.05) is 6.61 Å². The van der Waals surface area contributed by atoms with E-state index in [0.717, 1.165) is 28.8 Å². The fraction of sp³-hybridized carbons (Fsp3) is 0.571. The first kappa shape index (κ1) is 14.5. The molecule has 3 heteroatoms. The smallest absolute Gasteiger partial charge is 0.133 e. The fourth-order valence-electron chi connectivity index (χ4n) is 1.54. The minimum Gasteiger partial charge on any atom is -0.492 e. The van der Waals surface area contributed by atoms with Gasteiger partial charge in [0.05, 0.1) is 11.1 Å². The molecule has 2 N–H and O–H groups in total. The van der Waals surface area contributed by atoms with E-state index in [1.54, 1.807) is 0 Å². The fourth-order valence-corrected chi connectivity index (χ4v) is 2.05. The normalized spacial score (nSPS) is 13.5. The molecule has 1 rings (SSSR count). The van der Waals surface area contributed by atoms with Gasteiger partial charge in [0.25, 0.3) is 0 Å². The standard InChI is InChI=1S/C14H22BrNO/c1-5-8-17-12-7-6-10(9-11(12)15)13(16)14(2,3)4/h6-7,9,13H,5,8,16H2,1-4H3. The number of benzene rings is 1. The van der Waals surface area contributed by atoms with E-state index in [-0.39, 0.29) is 11.5 Å². The highest BCUT2D eigenvalue weighted by Crippen LogP contribution is 2.34. The summed E-state index contributed by atoms with van der Waals surface area (Å²) < 4.78 is 6.59. The van der Waals surface area contributed by atoms with Gasteiger partial charge in [0.1, 0.15) is 5.75 Å². The minimum absolute atomic E-state index is 0.0269. The Labute approximate surface area is 113 Å². The lowest BCUT2D eigenvalue weighted by Gasteiger charge is -2.27. The van der Waals surface area contributed by atoms with Crippen LogP contribution >= 0.6 is 15.9 Å². The summed E-state index contributed by atoms with van der Waals surface area (Å²) in [4.78, 5) is 0. The van der Waals surface area contributed by atoms with Crippen molar-refractivity contribution < 1.29 is 4.74 Å². The van der Waals surface area contributed by atoms with Gasteiger partial charge < -0.3 is 10.5 Å². The van der Waals surface area contributed by atoms with Crippen molar-refractivity contribution in [1.29, 1.82) is 0 Å². The van der Waals surface area contributed by atoms with Gasteiger partial charge in [-0.3, -0.25) is 0 Å². The summed E-state index contributed by atoms with van der Waals surface area (Å²) >= 11 is 3.53. The molecule has 0 saturated heterocycles. The van der Waals surface area contributed by atoms with Crippen LogP contribution in [-0.4, -0.2) is 6.61 Å². The lowest BCUT2D eigenvalue weighted by molar-refractivity contribution is 0.312. The molecule has 96 valence electrons. The maximum Gasteiger partial charge on any atom is 0.133 e. The average molecular weight is 300 g/mol. The molecule has 0 fully saturated rings. The molecule has 1 aromatic rings. The van der Waals surface area contributed by atoms with Crippen LogP contribution in [0.3, 0.4) is 0 Å². The Morgan fingerprint density at radius 1 is 1.35 bits per heavy atom. The third-order valence-corrected chi connectivity index (χ3v) is 3.33. The molecule has 2 nitrogen and oxygen atoms in total. The van der Waals surface area contributed by atoms with Gasteiger partial charge in [0.2, 0.25) is 0 Å². The molecule has 0 bridgehead atoms. The van der Waals surface area contributed by atoms with Crippen LogP contribution < -0.4 is 10.5 Å². The molecule has 1 unspecified atom stereocenters. The molecule has 0 radical (unpaired) electrons. The van der Waals surface area contributed by atoms with Gasteiger partial charge in [-0.2, -0.15) is 0 Å². The van der Waals surface area contributed by atoms with Crippen molar-refractivity contribution in [1.82, 2.24) is 0 Å². The highest BCUT2D eigenvalue weighted by Gasteiger charge is 2.22. The molecule has 1 atom stereocenters. The summed E-state index contributed by atoms with van der Waals surface area (Å²) in [6.45, 7) is 9.27. The van der Waals surface area contributed by atoms with Crippen LogP contribution in [0.15, 0.2) is 22.7 Å². The van der Waals surface area contributed by atoms with E-state index in [0.29, 0.717) is 0 Å². The highest BCUT2D eigenvalue weighted by atomic mass is 79.9. The third kappa shape index (κ3) is 4.00. The SMILES string of the molecule is CCCOc1ccc(C(N)C(C)(C)C)cc1Br. The quantitative estimate of drug-likeness (QED) is 0.900. The molecule has 0 aromatic heterocycles. The lowest BCUT2D eigenvalue weighted by Crippen LogP contribution is -2.26. The van der Waals surface area contributed by atoms with Crippen LogP contribution in [0, 0.1) is 5.41 Å². The van der Waals surface area contributed by atoms with Gasteiger partial charge in [0, 0.05) is 6.04 Å². The van der Waals surface area contributed by atoms with Crippen LogP contribution in [0.5, 0.6) is 5.75 Å². The first-order valence-electron chi connectivity index (χ1n) is 6.04. The van der Waals surface area contributed by atoms with Crippen LogP contribution in [-0.2, 0) is 0 Å². The van der Waals surface area contributed by atoms with Gasteiger partial charge in [-0.15, -0.1) is 0 Å². The maximum absolute atomic E-state index is 6.23. The first-order chi connectivity index (χ1) is 7.86. The minimum atomic E-state index is 0.0269. The Morgan fingerprint density at radius 2 is 2.00 bits per heavy atom. The zero-order chi connectivity index (χ0) is 13.1. The van der Waals surface area contributed by atoms with Gasteiger partial charge in [-0.1, -0.05) is 33.8 Å². The average Bonchev–Trinajstić information content (AvgIpc) is 2.25. The van der Waals surface area contributed by atoms with E-state index in [2.05, 4.69) is 49.7 Å². The van der Waals surface area contributed by atoms with Crippen molar-refractivity contribution >= 4 is 15.9 Å². The van der Waals surface area contributed by atoms with Crippen molar-refractivity contribution in [2.45, 2.75) is 40.2 Å². The molecule has 0 aliphatic carbocycles. The Hall–Kier alpha value is -0.540. The van der Waals surface area contributed by atoms with Gasteiger partial charge >= 0.3 is 0 Å². The molecule has 17 heavy (non-hydrogen) atoms. The number of nitrogens with two attached hydrogens (primary N) is 1. The summed E-state index contributed by atoms with van der Waals surface area (Å²) in [5, 5.41) is 0. The zero-order valence-corrected chi connectivity index (χ0v) is 12.7. The molecule has 0 heterocycles. The van der Waals surface area contributed by atoms with Crippen LogP contribution in [0.1, 0.15) is 45.7 Å². The Morgan fingerprint density at radius 3 is 2.47 bits per heavy atom. The van der Waals surface area contributed by atoms with Crippen molar-refractivity contribution in [2.24, 2.45) is 11.1 Å². The lowest BCUT2D eigenvalue weighted by atomic mass is 9.83. The molecule has 1 aromatic carbocycles. The maximum atomic E-state index is 6.23. The summed E-state index contributed by atoms with van der Waals surface area (Å²) in [6.07, 6.45) is 1.01. The predicted octanol–water partition coefficient (Wildman–Crippen LogP) is 4.28. The van der Waals surface area contributed by atoms with Crippen LogP contribution in [0.25, 0.3) is 0 Å². The van der Waals surface area contributed by atoms with Crippen molar-refractivity contribution in [3.05, 3.63) is 28.2 Å². The largest absolute Gasteiger partial charge is 0.492 e. The Kier molecular flexibility index (Phi) is 5.02. The van der Waals surface area contributed by atoms with E-state index in [1.807, 2.05) is 12.1 Å². The summed E-state index contributed by atoms with van der Waals surface area (Å²) in [5.74, 6) is 0.886. The van der Waals surface area contributed by atoms with Gasteiger partial charge in [-0.05, 0) is 45.5 Å². The number of hydrogen-bond donors (Lipinski definition) is 1. The molecular formula is C14H22BrNO. The van der Waals surface area contributed by atoms with E-state index in [1.165, 1.54) is 0 Å². The highest BCUT2D eigenvalue weighted by molar-refractivity contribution is 9.10. The number of hydrogen-bond acceptors (Lipinski definition) is 2. The topological polar surface area (TPSA) is 35.2 Å². The molecular weight excluding hydrogens is 278 g/mol. The van der Waals surface area contributed by atoms with Crippen LogP contribution in [0.4, 0.5) is 0 Å². The van der Waals surface area contributed by atoms with Gasteiger partial charge in [-0.25, -0.2) is 0 Å². The molecule has 0 saturated carbocycles. The number of ether oxygens (including phenoxy) is 1. The molecule has 0 aliphatic rings. The Bertz CT molecular complexity index is 371. The first-order valence-corrected chi connectivity index (χ1v) is 6.83. The summed E-state index contributed by atoms with van der Waals surface area (Å²) in [6, 6.07) is 6.12. The Balaban J connectivity index is 2.89. The number of halogens is 1. The third-order valence-electron chi connectivity index (χ3n) is 2.71. The van der Waals surface area contributed by atoms with Crippen molar-refractivity contribution in [3.8, 4) is 5.75 Å².